The fourth-order valence-electron chi connectivity index (χ4n) is 5.27. The average molecular weight is 445 g/mol. The minimum absolute atomic E-state index is 0.0378. The highest BCUT2D eigenvalue weighted by atomic mass is 19.1. The molecule has 1 aliphatic heterocycles. The number of imidazole rings is 1. The first kappa shape index (κ1) is 21.4. The van der Waals surface area contributed by atoms with Gasteiger partial charge in [-0.05, 0) is 44.0 Å². The fourth-order valence-corrected chi connectivity index (χ4v) is 5.27. The zero-order valence-corrected chi connectivity index (χ0v) is 19.0. The van der Waals surface area contributed by atoms with Gasteiger partial charge >= 0.3 is 0 Å². The van der Waals surface area contributed by atoms with Gasteiger partial charge in [-0.1, -0.05) is 50.1 Å². The molecule has 0 spiro atoms. The Hall–Kier alpha value is -3.41. The van der Waals surface area contributed by atoms with Crippen molar-refractivity contribution in [3.63, 3.8) is 0 Å². The van der Waals surface area contributed by atoms with Crippen molar-refractivity contribution in [3.8, 4) is 0 Å². The van der Waals surface area contributed by atoms with Crippen LogP contribution in [-0.4, -0.2) is 21.5 Å². The van der Waals surface area contributed by atoms with Crippen LogP contribution in [0, 0.1) is 12.7 Å². The maximum Gasteiger partial charge on any atom is 0.255 e. The molecule has 1 atom stereocenters. The number of anilines is 2. The van der Waals surface area contributed by atoms with Crippen LogP contribution in [0.2, 0.25) is 0 Å². The molecule has 33 heavy (non-hydrogen) atoms. The molecule has 2 aromatic carbocycles. The largest absolute Gasteiger partial charge is 0.329 e. The summed E-state index contributed by atoms with van der Waals surface area (Å²) in [5.41, 5.74) is 3.24. The van der Waals surface area contributed by atoms with Gasteiger partial charge in [-0.25, -0.2) is 9.37 Å². The second-order valence-corrected chi connectivity index (χ2v) is 8.98. The van der Waals surface area contributed by atoms with Crippen molar-refractivity contribution in [1.82, 2.24) is 9.55 Å². The molecule has 0 N–H and O–H groups in total. The predicted molar refractivity (Wildman–Crippen MR) is 129 cm³/mol. The Morgan fingerprint density at radius 1 is 1.15 bits per heavy atom. The number of para-hydroxylation sites is 1. The second kappa shape index (κ2) is 8.85. The van der Waals surface area contributed by atoms with Gasteiger partial charge in [0.05, 0.1) is 6.54 Å². The summed E-state index contributed by atoms with van der Waals surface area (Å²) in [5, 5.41) is 0. The van der Waals surface area contributed by atoms with E-state index >= 15 is 0 Å². The van der Waals surface area contributed by atoms with E-state index < -0.39 is 6.04 Å². The van der Waals surface area contributed by atoms with Gasteiger partial charge in [0.1, 0.15) is 17.7 Å². The minimum atomic E-state index is -0.582. The zero-order valence-electron chi connectivity index (χ0n) is 19.0. The Balaban J connectivity index is 1.58. The third-order valence-corrected chi connectivity index (χ3v) is 6.86. The lowest BCUT2D eigenvalue weighted by Gasteiger charge is -2.35. The number of rotatable bonds is 6. The highest BCUT2D eigenvalue weighted by Crippen LogP contribution is 2.45. The van der Waals surface area contributed by atoms with Gasteiger partial charge < -0.3 is 14.4 Å². The molecule has 6 heteroatoms. The van der Waals surface area contributed by atoms with Gasteiger partial charge in [0, 0.05) is 41.1 Å². The highest BCUT2D eigenvalue weighted by molar-refractivity contribution is 6.07. The number of aryl methyl sites for hydroxylation is 1. The molecule has 2 aliphatic rings. The van der Waals surface area contributed by atoms with Gasteiger partial charge in [-0.2, -0.15) is 0 Å². The first-order valence-corrected chi connectivity index (χ1v) is 11.7. The third-order valence-electron chi connectivity index (χ3n) is 6.86. The summed E-state index contributed by atoms with van der Waals surface area (Å²) in [4.78, 5) is 22.3. The molecule has 2 heterocycles. The topological polar surface area (TPSA) is 41.4 Å². The molecule has 0 bridgehead atoms. The standard InChI is InChI=1S/C27H29FN4O/c1-19(18-30-16-15-29-20(30)2)31(23-12-8-9-21(28)17-23)26-24-13-6-7-14-25(24)32(27(26)33)22-10-4-3-5-11-22/h6-9,12-17,22,26H,1,3-5,10-11,18H2,2H3. The van der Waals surface area contributed by atoms with Crippen LogP contribution in [0.4, 0.5) is 15.8 Å². The molecule has 170 valence electrons. The molecule has 1 amide bonds. The predicted octanol–water partition coefficient (Wildman–Crippen LogP) is 5.77. The Morgan fingerprint density at radius 3 is 2.67 bits per heavy atom. The average Bonchev–Trinajstić information content (AvgIpc) is 3.35. The van der Waals surface area contributed by atoms with Crippen LogP contribution < -0.4 is 9.80 Å². The van der Waals surface area contributed by atoms with Crippen LogP contribution in [0.3, 0.4) is 0 Å². The van der Waals surface area contributed by atoms with Crippen LogP contribution in [0.15, 0.2) is 73.2 Å². The summed E-state index contributed by atoms with van der Waals surface area (Å²) >= 11 is 0. The van der Waals surface area contributed by atoms with E-state index in [0.717, 1.165) is 42.8 Å². The quantitative estimate of drug-likeness (QED) is 0.485. The summed E-state index contributed by atoms with van der Waals surface area (Å²) in [6, 6.07) is 14.0. The second-order valence-electron chi connectivity index (χ2n) is 8.98. The van der Waals surface area contributed by atoms with Gasteiger partial charge in [-0.15, -0.1) is 0 Å². The maximum atomic E-state index is 14.3. The number of carbonyl (C=O) groups excluding carboxylic acids is 1. The van der Waals surface area contributed by atoms with Crippen molar-refractivity contribution < 1.29 is 9.18 Å². The van der Waals surface area contributed by atoms with E-state index in [4.69, 9.17) is 0 Å². The first-order valence-electron chi connectivity index (χ1n) is 11.7. The summed E-state index contributed by atoms with van der Waals surface area (Å²) in [5.74, 6) is 0.556. The van der Waals surface area contributed by atoms with Gasteiger partial charge in [-0.3, -0.25) is 4.79 Å². The number of hydrogen-bond donors (Lipinski definition) is 0. The van der Waals surface area contributed by atoms with Crippen molar-refractivity contribution >= 4 is 17.3 Å². The van der Waals surface area contributed by atoms with E-state index in [1.807, 2.05) is 57.8 Å². The van der Waals surface area contributed by atoms with Crippen LogP contribution in [0.5, 0.6) is 0 Å². The van der Waals surface area contributed by atoms with E-state index in [0.29, 0.717) is 17.9 Å². The van der Waals surface area contributed by atoms with E-state index in [2.05, 4.69) is 11.6 Å². The lowest BCUT2D eigenvalue weighted by molar-refractivity contribution is -0.119. The monoisotopic (exact) mass is 444 g/mol. The smallest absolute Gasteiger partial charge is 0.255 e. The van der Waals surface area contributed by atoms with Crippen LogP contribution in [-0.2, 0) is 11.3 Å². The molecule has 3 aromatic rings. The number of nitrogens with zero attached hydrogens (tertiary/aromatic N) is 4. The van der Waals surface area contributed by atoms with Crippen LogP contribution in [0.1, 0.15) is 49.5 Å². The Kier molecular flexibility index (Phi) is 5.75. The Labute approximate surface area is 194 Å². The summed E-state index contributed by atoms with van der Waals surface area (Å²) in [6.07, 6.45) is 9.17. The number of amides is 1. The molecule has 1 aliphatic carbocycles. The molecule has 0 radical (unpaired) electrons. The molecular weight excluding hydrogens is 415 g/mol. The van der Waals surface area contributed by atoms with Crippen molar-refractivity contribution in [2.45, 2.75) is 57.7 Å². The Morgan fingerprint density at radius 2 is 1.94 bits per heavy atom. The number of aromatic nitrogens is 2. The highest BCUT2D eigenvalue weighted by Gasteiger charge is 2.44. The van der Waals surface area contributed by atoms with Gasteiger partial charge in [0.2, 0.25) is 0 Å². The normalized spacial score (nSPS) is 18.4. The van der Waals surface area contributed by atoms with Gasteiger partial charge in [0.15, 0.2) is 0 Å². The Bertz CT molecular complexity index is 1180. The third kappa shape index (κ3) is 3.94. The lowest BCUT2D eigenvalue weighted by atomic mass is 9.94. The number of fused-ring (bicyclic) bond motifs is 1. The zero-order chi connectivity index (χ0) is 22.9. The lowest BCUT2D eigenvalue weighted by Crippen LogP contribution is -2.43. The summed E-state index contributed by atoms with van der Waals surface area (Å²) in [6.45, 7) is 6.74. The molecular formula is C27H29FN4O. The number of carbonyl (C=O) groups is 1. The van der Waals surface area contributed by atoms with E-state index in [9.17, 15) is 9.18 Å². The fraction of sp³-hybridized carbons (Fsp3) is 0.333. The maximum absolute atomic E-state index is 14.3. The van der Waals surface area contributed by atoms with Gasteiger partial charge in [0.25, 0.3) is 5.91 Å². The molecule has 1 aromatic heterocycles. The van der Waals surface area contributed by atoms with Crippen molar-refractivity contribution in [1.29, 1.82) is 0 Å². The number of hydrogen-bond acceptors (Lipinski definition) is 3. The van der Waals surface area contributed by atoms with Crippen molar-refractivity contribution in [2.75, 3.05) is 9.80 Å². The van der Waals surface area contributed by atoms with E-state index in [1.54, 1.807) is 12.3 Å². The van der Waals surface area contributed by atoms with Crippen molar-refractivity contribution in [3.05, 3.63) is 90.4 Å². The number of benzene rings is 2. The first-order chi connectivity index (χ1) is 16.0. The van der Waals surface area contributed by atoms with Crippen molar-refractivity contribution in [2.24, 2.45) is 0 Å². The molecule has 1 fully saturated rings. The molecule has 5 nitrogen and oxygen atoms in total. The van der Waals surface area contributed by atoms with Crippen LogP contribution >= 0.6 is 0 Å². The molecule has 1 unspecified atom stereocenters. The SMILES string of the molecule is C=C(Cn1ccnc1C)N(c1cccc(F)c1)C1C(=O)N(C2CCCCC2)c2ccccc21. The summed E-state index contributed by atoms with van der Waals surface area (Å²) < 4.78 is 16.3. The molecule has 5 rings (SSSR count). The van der Waals surface area contributed by atoms with E-state index in [-0.39, 0.29) is 17.8 Å². The molecule has 1 saturated carbocycles. The number of halogens is 1. The molecule has 0 saturated heterocycles. The van der Waals surface area contributed by atoms with E-state index in [1.165, 1.54) is 18.6 Å². The minimum Gasteiger partial charge on any atom is -0.329 e. The number of allylic oxidation sites excluding steroid dienone is 1. The van der Waals surface area contributed by atoms with Crippen LogP contribution in [0.25, 0.3) is 0 Å². The summed E-state index contributed by atoms with van der Waals surface area (Å²) in [7, 11) is 0.